The maximum atomic E-state index is 12.2. The first-order valence-corrected chi connectivity index (χ1v) is 8.94. The molecule has 3 heterocycles. The van der Waals surface area contributed by atoms with Crippen LogP contribution in [0.15, 0.2) is 55.1 Å². The van der Waals surface area contributed by atoms with Gasteiger partial charge in [-0.2, -0.15) is 5.10 Å². The molecule has 0 saturated carbocycles. The van der Waals surface area contributed by atoms with E-state index in [0.29, 0.717) is 17.3 Å². The SMILES string of the molecule is O=C(C#Cc1cnccc1-c1cn[nH]c1)Nc1ccc(CNC2COC2)cc1. The number of hydrogen-bond acceptors (Lipinski definition) is 5. The average Bonchev–Trinajstić information content (AvgIpc) is 3.21. The van der Waals surface area contributed by atoms with Crippen molar-refractivity contribution in [2.75, 3.05) is 18.5 Å². The van der Waals surface area contributed by atoms with Crippen molar-refractivity contribution in [3.05, 3.63) is 66.2 Å². The van der Waals surface area contributed by atoms with E-state index in [4.69, 9.17) is 4.74 Å². The lowest BCUT2D eigenvalue weighted by atomic mass is 10.1. The Labute approximate surface area is 162 Å². The van der Waals surface area contributed by atoms with Crippen LogP contribution < -0.4 is 10.6 Å². The Morgan fingerprint density at radius 1 is 1.21 bits per heavy atom. The Morgan fingerprint density at radius 2 is 2.07 bits per heavy atom. The van der Waals surface area contributed by atoms with Crippen LogP contribution in [0.5, 0.6) is 0 Å². The fourth-order valence-corrected chi connectivity index (χ4v) is 2.75. The van der Waals surface area contributed by atoms with Gasteiger partial charge in [0.15, 0.2) is 0 Å². The third-order valence-corrected chi connectivity index (χ3v) is 4.39. The number of anilines is 1. The molecule has 7 heteroatoms. The molecule has 2 aromatic heterocycles. The molecule has 28 heavy (non-hydrogen) atoms. The molecule has 0 aliphatic carbocycles. The average molecular weight is 373 g/mol. The summed E-state index contributed by atoms with van der Waals surface area (Å²) < 4.78 is 5.14. The lowest BCUT2D eigenvalue weighted by Gasteiger charge is -2.27. The minimum atomic E-state index is -0.375. The molecular weight excluding hydrogens is 354 g/mol. The Morgan fingerprint density at radius 3 is 2.79 bits per heavy atom. The maximum absolute atomic E-state index is 12.2. The van der Waals surface area contributed by atoms with Crippen LogP contribution in [0.1, 0.15) is 11.1 Å². The summed E-state index contributed by atoms with van der Waals surface area (Å²) >= 11 is 0. The van der Waals surface area contributed by atoms with E-state index in [9.17, 15) is 4.79 Å². The van der Waals surface area contributed by atoms with Crippen LogP contribution in [0.3, 0.4) is 0 Å². The first kappa shape index (κ1) is 17.9. The summed E-state index contributed by atoms with van der Waals surface area (Å²) in [6.45, 7) is 2.32. The highest BCUT2D eigenvalue weighted by Crippen LogP contribution is 2.20. The number of aromatic amines is 1. The van der Waals surface area contributed by atoms with Gasteiger partial charge in [-0.05, 0) is 23.8 Å². The number of carbonyl (C=O) groups excluding carboxylic acids is 1. The molecule has 0 spiro atoms. The number of amides is 1. The molecule has 7 nitrogen and oxygen atoms in total. The first-order valence-electron chi connectivity index (χ1n) is 8.94. The molecule has 1 aliphatic rings. The molecule has 1 aromatic carbocycles. The predicted octanol–water partition coefficient (Wildman–Crippen LogP) is 1.95. The second kappa shape index (κ2) is 8.48. The fourth-order valence-electron chi connectivity index (χ4n) is 2.75. The quantitative estimate of drug-likeness (QED) is 0.595. The zero-order valence-electron chi connectivity index (χ0n) is 15.1. The van der Waals surface area contributed by atoms with Crippen LogP contribution in [0.2, 0.25) is 0 Å². The van der Waals surface area contributed by atoms with Crippen molar-refractivity contribution in [3.63, 3.8) is 0 Å². The van der Waals surface area contributed by atoms with E-state index in [-0.39, 0.29) is 5.91 Å². The number of pyridine rings is 1. The summed E-state index contributed by atoms with van der Waals surface area (Å²) in [6.07, 6.45) is 6.80. The van der Waals surface area contributed by atoms with Gasteiger partial charge in [-0.15, -0.1) is 0 Å². The molecule has 1 aliphatic heterocycles. The summed E-state index contributed by atoms with van der Waals surface area (Å²) in [5.41, 5.74) is 4.29. The third kappa shape index (κ3) is 4.43. The number of carbonyl (C=O) groups is 1. The van der Waals surface area contributed by atoms with Crippen LogP contribution in [0.25, 0.3) is 11.1 Å². The van der Waals surface area contributed by atoms with Crippen molar-refractivity contribution in [3.8, 4) is 23.0 Å². The van der Waals surface area contributed by atoms with E-state index in [2.05, 4.69) is 37.7 Å². The molecule has 4 rings (SSSR count). The number of ether oxygens (including phenoxy) is 1. The van der Waals surface area contributed by atoms with Gasteiger partial charge < -0.3 is 15.4 Å². The van der Waals surface area contributed by atoms with Gasteiger partial charge in [-0.3, -0.25) is 14.9 Å². The standard InChI is InChI=1S/C21H19N5O2/c27-21(6-3-16-10-22-8-7-20(16)17-11-24-25-12-17)26-18-4-1-15(2-5-18)9-23-19-13-28-14-19/h1-2,4-5,7-8,10-12,19,23H,9,13-14H2,(H,24,25)(H,26,27). The zero-order chi connectivity index (χ0) is 19.2. The van der Waals surface area contributed by atoms with Gasteiger partial charge in [0, 0.05) is 47.9 Å². The third-order valence-electron chi connectivity index (χ3n) is 4.39. The highest BCUT2D eigenvalue weighted by molar-refractivity contribution is 6.04. The number of nitrogens with zero attached hydrogens (tertiary/aromatic N) is 2. The first-order chi connectivity index (χ1) is 13.8. The Balaban J connectivity index is 1.38. The second-order valence-electron chi connectivity index (χ2n) is 6.42. The van der Waals surface area contributed by atoms with Gasteiger partial charge in [0.1, 0.15) is 0 Å². The molecule has 3 aromatic rings. The van der Waals surface area contributed by atoms with Crippen molar-refractivity contribution in [2.24, 2.45) is 0 Å². The molecule has 140 valence electrons. The van der Waals surface area contributed by atoms with E-state index < -0.39 is 0 Å². The van der Waals surface area contributed by atoms with E-state index in [0.717, 1.165) is 36.4 Å². The van der Waals surface area contributed by atoms with Gasteiger partial charge in [0.2, 0.25) is 0 Å². The van der Waals surface area contributed by atoms with Gasteiger partial charge >= 0.3 is 5.91 Å². The van der Waals surface area contributed by atoms with Gasteiger partial charge in [0.05, 0.1) is 31.0 Å². The van der Waals surface area contributed by atoms with E-state index in [1.165, 1.54) is 0 Å². The zero-order valence-corrected chi connectivity index (χ0v) is 15.1. The topological polar surface area (TPSA) is 91.9 Å². The largest absolute Gasteiger partial charge is 0.378 e. The summed E-state index contributed by atoms with van der Waals surface area (Å²) in [6, 6.07) is 9.98. The van der Waals surface area contributed by atoms with Crippen molar-refractivity contribution in [1.29, 1.82) is 0 Å². The molecule has 0 radical (unpaired) electrons. The molecule has 0 atom stereocenters. The molecular formula is C21H19N5O2. The minimum Gasteiger partial charge on any atom is -0.378 e. The second-order valence-corrected chi connectivity index (χ2v) is 6.42. The molecule has 3 N–H and O–H groups in total. The Hall–Kier alpha value is -3.47. The van der Waals surface area contributed by atoms with Crippen molar-refractivity contribution >= 4 is 11.6 Å². The number of hydrogen-bond donors (Lipinski definition) is 3. The van der Waals surface area contributed by atoms with Crippen molar-refractivity contribution < 1.29 is 9.53 Å². The Bertz CT molecular complexity index is 999. The Kier molecular flexibility index (Phi) is 5.43. The predicted molar refractivity (Wildman–Crippen MR) is 105 cm³/mol. The number of H-pyrrole nitrogens is 1. The monoisotopic (exact) mass is 373 g/mol. The van der Waals surface area contributed by atoms with Crippen molar-refractivity contribution in [2.45, 2.75) is 12.6 Å². The number of benzene rings is 1. The van der Waals surface area contributed by atoms with Crippen LogP contribution in [-0.4, -0.2) is 40.3 Å². The lowest BCUT2D eigenvalue weighted by molar-refractivity contribution is -0.111. The summed E-state index contributed by atoms with van der Waals surface area (Å²) in [7, 11) is 0. The normalized spacial score (nSPS) is 13.3. The molecule has 1 amide bonds. The van der Waals surface area contributed by atoms with Gasteiger partial charge in [0.25, 0.3) is 0 Å². The maximum Gasteiger partial charge on any atom is 0.300 e. The molecule has 1 saturated heterocycles. The van der Waals surface area contributed by atoms with Crippen LogP contribution >= 0.6 is 0 Å². The number of nitrogens with one attached hydrogen (secondary N) is 3. The summed E-state index contributed by atoms with van der Waals surface area (Å²) in [5.74, 6) is 5.14. The summed E-state index contributed by atoms with van der Waals surface area (Å²) in [4.78, 5) is 16.3. The van der Waals surface area contributed by atoms with Crippen LogP contribution in [0.4, 0.5) is 5.69 Å². The molecule has 0 bridgehead atoms. The van der Waals surface area contributed by atoms with Crippen LogP contribution in [-0.2, 0) is 16.1 Å². The van der Waals surface area contributed by atoms with E-state index in [1.54, 1.807) is 24.8 Å². The highest BCUT2D eigenvalue weighted by atomic mass is 16.5. The van der Waals surface area contributed by atoms with Crippen molar-refractivity contribution in [1.82, 2.24) is 20.5 Å². The lowest BCUT2D eigenvalue weighted by Crippen LogP contribution is -2.45. The fraction of sp³-hybridized carbons (Fsp3) is 0.190. The molecule has 0 unspecified atom stereocenters. The highest BCUT2D eigenvalue weighted by Gasteiger charge is 2.16. The van der Waals surface area contributed by atoms with E-state index >= 15 is 0 Å². The van der Waals surface area contributed by atoms with E-state index in [1.807, 2.05) is 30.3 Å². The van der Waals surface area contributed by atoms with Gasteiger partial charge in [-0.1, -0.05) is 18.1 Å². The minimum absolute atomic E-state index is 0.375. The number of rotatable bonds is 5. The summed E-state index contributed by atoms with van der Waals surface area (Å²) in [5, 5.41) is 12.9. The molecule has 1 fully saturated rings. The smallest absolute Gasteiger partial charge is 0.300 e. The van der Waals surface area contributed by atoms with Gasteiger partial charge in [-0.25, -0.2) is 0 Å². The number of aromatic nitrogens is 3. The van der Waals surface area contributed by atoms with Crippen LogP contribution in [0, 0.1) is 11.8 Å².